The zero-order valence-electron chi connectivity index (χ0n) is 20.2. The van der Waals surface area contributed by atoms with E-state index in [9.17, 15) is 9.59 Å². The van der Waals surface area contributed by atoms with Gasteiger partial charge in [0.25, 0.3) is 5.91 Å². The maximum Gasteiger partial charge on any atom is 0.255 e. The normalized spacial score (nSPS) is 15.7. The van der Waals surface area contributed by atoms with Crippen LogP contribution in [0.3, 0.4) is 0 Å². The lowest BCUT2D eigenvalue weighted by molar-refractivity contribution is 0.0908. The van der Waals surface area contributed by atoms with Gasteiger partial charge in [0.15, 0.2) is 5.43 Å². The Hall–Kier alpha value is -3.87. The Balaban J connectivity index is 1.48. The van der Waals surface area contributed by atoms with Crippen LogP contribution in [0.25, 0.3) is 21.8 Å². The number of likely N-dealkylation sites (N-methyl/N-ethyl adjacent to an activating group) is 1. The highest BCUT2D eigenvalue weighted by Gasteiger charge is 2.29. The molecule has 1 aromatic heterocycles. The number of aromatic amines is 1. The number of hydrogen-bond acceptors (Lipinski definition) is 4. The van der Waals surface area contributed by atoms with Crippen molar-refractivity contribution in [2.24, 2.45) is 0 Å². The van der Waals surface area contributed by atoms with Crippen LogP contribution in [0.15, 0.2) is 59.4 Å². The van der Waals surface area contributed by atoms with E-state index in [-0.39, 0.29) is 22.4 Å². The molecular formula is C28H28FN3O3. The second-order valence-electron chi connectivity index (χ2n) is 9.59. The van der Waals surface area contributed by atoms with E-state index in [4.69, 9.17) is 4.74 Å². The molecule has 3 aromatic carbocycles. The zero-order valence-corrected chi connectivity index (χ0v) is 20.2. The SMILES string of the molecule is CCN1c2ccc(C(C)(C)NC(=O)c3cc4[nH]c5ccccc5c(=O)c4cc3F)cc2OCC1C. The van der Waals surface area contributed by atoms with Crippen LogP contribution in [-0.4, -0.2) is 30.1 Å². The highest BCUT2D eigenvalue weighted by atomic mass is 19.1. The number of halogens is 1. The lowest BCUT2D eigenvalue weighted by atomic mass is 9.92. The van der Waals surface area contributed by atoms with Gasteiger partial charge in [-0.15, -0.1) is 0 Å². The number of nitrogens with one attached hydrogen (secondary N) is 2. The summed E-state index contributed by atoms with van der Waals surface area (Å²) in [4.78, 5) is 31.4. The number of ether oxygens (including phenoxy) is 1. The Morgan fingerprint density at radius 3 is 2.69 bits per heavy atom. The first-order chi connectivity index (χ1) is 16.7. The summed E-state index contributed by atoms with van der Waals surface area (Å²) in [6, 6.07) is 15.8. The number of nitrogens with zero attached hydrogens (tertiary/aromatic N) is 1. The van der Waals surface area contributed by atoms with Crippen LogP contribution in [0.2, 0.25) is 0 Å². The molecule has 0 saturated carbocycles. The molecular weight excluding hydrogens is 445 g/mol. The van der Waals surface area contributed by atoms with Crippen molar-refractivity contribution in [2.75, 3.05) is 18.1 Å². The fourth-order valence-electron chi connectivity index (χ4n) is 4.82. The number of H-pyrrole nitrogens is 1. The van der Waals surface area contributed by atoms with E-state index in [0.717, 1.165) is 29.6 Å². The Labute approximate surface area is 202 Å². The minimum absolute atomic E-state index is 0.128. The fraction of sp³-hybridized carbons (Fsp3) is 0.286. The molecule has 2 heterocycles. The third-order valence-electron chi connectivity index (χ3n) is 6.81. The van der Waals surface area contributed by atoms with E-state index < -0.39 is 17.3 Å². The van der Waals surface area contributed by atoms with Crippen molar-refractivity contribution in [3.8, 4) is 5.75 Å². The van der Waals surface area contributed by atoms with Gasteiger partial charge in [0.1, 0.15) is 18.2 Å². The molecule has 7 heteroatoms. The van der Waals surface area contributed by atoms with E-state index in [0.29, 0.717) is 23.0 Å². The molecule has 1 aliphatic heterocycles. The predicted octanol–water partition coefficient (Wildman–Crippen LogP) is 5.09. The predicted molar refractivity (Wildman–Crippen MR) is 137 cm³/mol. The van der Waals surface area contributed by atoms with E-state index in [1.54, 1.807) is 18.2 Å². The van der Waals surface area contributed by atoms with Crippen LogP contribution >= 0.6 is 0 Å². The molecule has 0 fully saturated rings. The summed E-state index contributed by atoms with van der Waals surface area (Å²) in [6.45, 7) is 9.42. The molecule has 2 N–H and O–H groups in total. The number of anilines is 1. The molecule has 6 nitrogen and oxygen atoms in total. The van der Waals surface area contributed by atoms with Crippen molar-refractivity contribution in [2.45, 2.75) is 39.3 Å². The van der Waals surface area contributed by atoms with E-state index >= 15 is 4.39 Å². The van der Waals surface area contributed by atoms with Gasteiger partial charge in [0, 0.05) is 22.8 Å². The summed E-state index contributed by atoms with van der Waals surface area (Å²) in [5.74, 6) is -0.537. The highest BCUT2D eigenvalue weighted by Crippen LogP contribution is 2.37. The van der Waals surface area contributed by atoms with Crippen molar-refractivity contribution in [1.82, 2.24) is 10.3 Å². The smallest absolute Gasteiger partial charge is 0.255 e. The molecule has 0 spiro atoms. The minimum atomic E-state index is -0.798. The van der Waals surface area contributed by atoms with Crippen molar-refractivity contribution < 1.29 is 13.9 Å². The zero-order chi connectivity index (χ0) is 24.9. The van der Waals surface area contributed by atoms with Crippen LogP contribution in [0.1, 0.15) is 43.6 Å². The first-order valence-electron chi connectivity index (χ1n) is 11.8. The molecule has 4 aromatic rings. The quantitative estimate of drug-likeness (QED) is 0.405. The Kier molecular flexibility index (Phi) is 5.50. The van der Waals surface area contributed by atoms with Gasteiger partial charge < -0.3 is 19.9 Å². The van der Waals surface area contributed by atoms with Crippen molar-refractivity contribution in [3.05, 3.63) is 81.8 Å². The summed E-state index contributed by atoms with van der Waals surface area (Å²) in [5, 5.41) is 3.63. The number of aromatic nitrogens is 1. The van der Waals surface area contributed by atoms with Gasteiger partial charge in [0.2, 0.25) is 0 Å². The summed E-state index contributed by atoms with van der Waals surface area (Å²) in [7, 11) is 0. The number of amides is 1. The second-order valence-corrected chi connectivity index (χ2v) is 9.59. The van der Waals surface area contributed by atoms with Crippen LogP contribution in [0, 0.1) is 5.82 Å². The number of fused-ring (bicyclic) bond motifs is 3. The monoisotopic (exact) mass is 473 g/mol. The molecule has 1 aliphatic rings. The average molecular weight is 474 g/mol. The van der Waals surface area contributed by atoms with Gasteiger partial charge in [0.05, 0.1) is 28.3 Å². The van der Waals surface area contributed by atoms with Crippen molar-refractivity contribution in [1.29, 1.82) is 0 Å². The number of hydrogen-bond donors (Lipinski definition) is 2. The lowest BCUT2D eigenvalue weighted by Crippen LogP contribution is -2.42. The summed E-state index contributed by atoms with van der Waals surface area (Å²) in [5.41, 5.74) is 1.71. The standard InChI is InChI=1S/C28H28FN3O3/c1-5-32-16(2)15-35-25-12-17(10-11-24(25)32)28(3,4)31-27(34)19-14-23-20(13-21(19)29)26(33)18-8-6-7-9-22(18)30-23/h6-14,16H,5,15H2,1-4H3,(H,30,33)(H,31,34). The van der Waals surface area contributed by atoms with Gasteiger partial charge in [-0.1, -0.05) is 18.2 Å². The van der Waals surface area contributed by atoms with Gasteiger partial charge in [-0.25, -0.2) is 4.39 Å². The first kappa shape index (κ1) is 22.9. The summed E-state index contributed by atoms with van der Waals surface area (Å²) in [6.07, 6.45) is 0. The van der Waals surface area contributed by atoms with Crippen LogP contribution in [0.4, 0.5) is 10.1 Å². The van der Waals surface area contributed by atoms with Crippen LogP contribution in [-0.2, 0) is 5.54 Å². The van der Waals surface area contributed by atoms with Crippen molar-refractivity contribution in [3.63, 3.8) is 0 Å². The number of para-hydroxylation sites is 1. The number of pyridine rings is 1. The topological polar surface area (TPSA) is 74.4 Å². The van der Waals surface area contributed by atoms with Gasteiger partial charge in [-0.05, 0) is 69.7 Å². The summed E-state index contributed by atoms with van der Waals surface area (Å²) >= 11 is 0. The molecule has 180 valence electrons. The van der Waals surface area contributed by atoms with Crippen molar-refractivity contribution >= 4 is 33.4 Å². The molecule has 5 rings (SSSR count). The molecule has 0 bridgehead atoms. The van der Waals surface area contributed by atoms with Gasteiger partial charge >= 0.3 is 0 Å². The molecule has 1 atom stereocenters. The second kappa shape index (κ2) is 8.41. The molecule has 0 radical (unpaired) electrons. The molecule has 1 unspecified atom stereocenters. The maximum atomic E-state index is 15.0. The molecule has 0 saturated heterocycles. The number of benzene rings is 3. The number of carbonyl (C=O) groups excluding carboxylic acids is 1. The molecule has 1 amide bonds. The highest BCUT2D eigenvalue weighted by molar-refractivity contribution is 6.00. The number of carbonyl (C=O) groups is 1. The van der Waals surface area contributed by atoms with E-state index in [1.807, 2.05) is 38.1 Å². The van der Waals surface area contributed by atoms with Crippen LogP contribution in [0.5, 0.6) is 5.75 Å². The van der Waals surface area contributed by atoms with E-state index in [2.05, 4.69) is 29.0 Å². The lowest BCUT2D eigenvalue weighted by Gasteiger charge is -2.37. The summed E-state index contributed by atoms with van der Waals surface area (Å²) < 4.78 is 21.0. The molecule has 35 heavy (non-hydrogen) atoms. The van der Waals surface area contributed by atoms with Crippen LogP contribution < -0.4 is 20.4 Å². The molecule has 0 aliphatic carbocycles. The Bertz CT molecular complexity index is 1530. The fourth-order valence-corrected chi connectivity index (χ4v) is 4.82. The Morgan fingerprint density at radius 2 is 1.91 bits per heavy atom. The maximum absolute atomic E-state index is 15.0. The third-order valence-corrected chi connectivity index (χ3v) is 6.81. The number of rotatable bonds is 4. The van der Waals surface area contributed by atoms with E-state index in [1.165, 1.54) is 6.07 Å². The largest absolute Gasteiger partial charge is 0.489 e. The first-order valence-corrected chi connectivity index (χ1v) is 11.8. The minimum Gasteiger partial charge on any atom is -0.489 e. The van der Waals surface area contributed by atoms with Gasteiger partial charge in [-0.2, -0.15) is 0 Å². The Morgan fingerprint density at radius 1 is 1.14 bits per heavy atom. The third kappa shape index (κ3) is 3.91. The van der Waals surface area contributed by atoms with Gasteiger partial charge in [-0.3, -0.25) is 9.59 Å². The average Bonchev–Trinajstić information content (AvgIpc) is 2.83.